The van der Waals surface area contributed by atoms with E-state index in [-0.39, 0.29) is 0 Å². The third-order valence-electron chi connectivity index (χ3n) is 0.980. The minimum Gasteiger partial charge on any atom is -0.302 e. The van der Waals surface area contributed by atoms with Crippen LogP contribution in [0.25, 0.3) is 0 Å². The second-order valence-electron chi connectivity index (χ2n) is 1.99. The van der Waals surface area contributed by atoms with Gasteiger partial charge in [0.1, 0.15) is 0 Å². The van der Waals surface area contributed by atoms with Crippen LogP contribution in [0.1, 0.15) is 13.8 Å². The highest BCUT2D eigenvalue weighted by atomic mass is 35.5. The molecule has 0 aliphatic rings. The van der Waals surface area contributed by atoms with Crippen LogP contribution in [0.5, 0.6) is 0 Å². The number of nitrogens with one attached hydrogen (secondary N) is 1. The molecule has 1 nitrogen and oxygen atoms in total. The third-order valence-corrected chi connectivity index (χ3v) is 1.35. The average molecular weight is 158 g/mol. The van der Waals surface area contributed by atoms with Crippen LogP contribution < -0.4 is 5.32 Å². The quantitative estimate of drug-likeness (QED) is 0.486. The summed E-state index contributed by atoms with van der Waals surface area (Å²) in [5.74, 6) is 5.69. The Balaban J connectivity index is 3.26. The van der Waals surface area contributed by atoms with E-state index in [1.807, 2.05) is 13.8 Å². The number of hydrogen-bond donors (Lipinski definition) is 1. The van der Waals surface area contributed by atoms with Gasteiger partial charge in [0.25, 0.3) is 0 Å². The Labute approximate surface area is 67.5 Å². The summed E-state index contributed by atoms with van der Waals surface area (Å²) < 4.78 is 0. The van der Waals surface area contributed by atoms with Gasteiger partial charge < -0.3 is 5.32 Å². The Bertz CT molecular complexity index is 162. The molecule has 0 saturated heterocycles. The molecule has 0 rings (SSSR count). The second-order valence-corrected chi connectivity index (χ2v) is 2.20. The van der Waals surface area contributed by atoms with Crippen molar-refractivity contribution >= 4 is 11.6 Å². The van der Waals surface area contributed by atoms with Crippen LogP contribution in [0.15, 0.2) is 11.1 Å². The van der Waals surface area contributed by atoms with E-state index in [0.29, 0.717) is 0 Å². The van der Waals surface area contributed by atoms with Gasteiger partial charge in [0.05, 0.1) is 6.54 Å². The Morgan fingerprint density at radius 3 is 2.90 bits per heavy atom. The SMILES string of the molecule is CC#CCNCC(C)=CCl. The lowest BCUT2D eigenvalue weighted by Gasteiger charge is -1.97. The van der Waals surface area contributed by atoms with E-state index >= 15 is 0 Å². The fourth-order valence-corrected chi connectivity index (χ4v) is 0.526. The minimum atomic E-state index is 0.735. The van der Waals surface area contributed by atoms with Crippen LogP contribution in [0.2, 0.25) is 0 Å². The maximum absolute atomic E-state index is 5.43. The molecule has 0 aromatic rings. The van der Waals surface area contributed by atoms with Crippen molar-refractivity contribution < 1.29 is 0 Å². The van der Waals surface area contributed by atoms with E-state index in [1.54, 1.807) is 5.54 Å². The zero-order chi connectivity index (χ0) is 7.82. The fraction of sp³-hybridized carbons (Fsp3) is 0.500. The molecule has 0 aromatic carbocycles. The summed E-state index contributed by atoms with van der Waals surface area (Å²) in [5.41, 5.74) is 2.70. The Hall–Kier alpha value is -0.450. The average Bonchev–Trinajstić information content (AvgIpc) is 1.98. The molecular weight excluding hydrogens is 146 g/mol. The van der Waals surface area contributed by atoms with Crippen molar-refractivity contribution in [2.75, 3.05) is 13.1 Å². The normalized spacial score (nSPS) is 10.5. The van der Waals surface area contributed by atoms with Crippen molar-refractivity contribution in [2.24, 2.45) is 0 Å². The first-order valence-electron chi connectivity index (χ1n) is 3.17. The zero-order valence-corrected chi connectivity index (χ0v) is 7.13. The molecule has 0 aromatic heterocycles. The van der Waals surface area contributed by atoms with E-state index < -0.39 is 0 Å². The highest BCUT2D eigenvalue weighted by Gasteiger charge is 1.84. The molecule has 0 fully saturated rings. The van der Waals surface area contributed by atoms with Crippen molar-refractivity contribution in [3.05, 3.63) is 11.1 Å². The molecule has 2 heteroatoms. The summed E-state index contributed by atoms with van der Waals surface area (Å²) in [5, 5.41) is 3.11. The molecule has 0 radical (unpaired) electrons. The Morgan fingerprint density at radius 1 is 1.70 bits per heavy atom. The van der Waals surface area contributed by atoms with Crippen molar-refractivity contribution in [2.45, 2.75) is 13.8 Å². The molecule has 0 aliphatic carbocycles. The summed E-state index contributed by atoms with van der Waals surface area (Å²) in [7, 11) is 0. The van der Waals surface area contributed by atoms with Gasteiger partial charge >= 0.3 is 0 Å². The lowest BCUT2D eigenvalue weighted by Crippen LogP contribution is -2.15. The van der Waals surface area contributed by atoms with Crippen LogP contribution >= 0.6 is 11.6 Å². The van der Waals surface area contributed by atoms with Crippen molar-refractivity contribution in [1.29, 1.82) is 0 Å². The predicted octanol–water partition coefficient (Wildman–Crippen LogP) is 1.74. The first kappa shape index (κ1) is 9.55. The highest BCUT2D eigenvalue weighted by molar-refractivity contribution is 6.25. The largest absolute Gasteiger partial charge is 0.302 e. The van der Waals surface area contributed by atoms with Crippen LogP contribution in [0.3, 0.4) is 0 Å². The molecule has 56 valence electrons. The van der Waals surface area contributed by atoms with Crippen LogP contribution in [-0.4, -0.2) is 13.1 Å². The molecule has 0 amide bonds. The summed E-state index contributed by atoms with van der Waals surface area (Å²) in [6.45, 7) is 5.35. The van der Waals surface area contributed by atoms with Crippen LogP contribution in [0, 0.1) is 11.8 Å². The number of rotatable bonds is 3. The maximum atomic E-state index is 5.43. The van der Waals surface area contributed by atoms with Crippen LogP contribution in [0.4, 0.5) is 0 Å². The molecule has 0 atom stereocenters. The monoisotopic (exact) mass is 157 g/mol. The Morgan fingerprint density at radius 2 is 2.40 bits per heavy atom. The zero-order valence-electron chi connectivity index (χ0n) is 6.37. The van der Waals surface area contributed by atoms with Gasteiger partial charge in [-0.1, -0.05) is 17.5 Å². The van der Waals surface area contributed by atoms with E-state index in [1.165, 1.54) is 0 Å². The molecule has 0 saturated carbocycles. The molecule has 0 bridgehead atoms. The van der Waals surface area contributed by atoms with Gasteiger partial charge in [-0.3, -0.25) is 0 Å². The van der Waals surface area contributed by atoms with Gasteiger partial charge in [0, 0.05) is 12.1 Å². The summed E-state index contributed by atoms with van der Waals surface area (Å²) in [4.78, 5) is 0. The molecule has 0 aliphatic heterocycles. The predicted molar refractivity (Wildman–Crippen MR) is 45.9 cm³/mol. The number of halogens is 1. The summed E-state index contributed by atoms with van der Waals surface area (Å²) >= 11 is 5.43. The minimum absolute atomic E-state index is 0.735. The van der Waals surface area contributed by atoms with E-state index in [9.17, 15) is 0 Å². The fourth-order valence-electron chi connectivity index (χ4n) is 0.449. The highest BCUT2D eigenvalue weighted by Crippen LogP contribution is 1.90. The van der Waals surface area contributed by atoms with Crippen LogP contribution in [-0.2, 0) is 0 Å². The molecule has 1 N–H and O–H groups in total. The summed E-state index contributed by atoms with van der Waals surface area (Å²) in [6, 6.07) is 0. The van der Waals surface area contributed by atoms with Gasteiger partial charge in [-0.25, -0.2) is 0 Å². The standard InChI is InChI=1S/C8H12ClN/c1-3-4-5-10-7-8(2)6-9/h6,10H,5,7H2,1-2H3. The van der Waals surface area contributed by atoms with E-state index in [4.69, 9.17) is 11.6 Å². The third kappa shape index (κ3) is 5.68. The van der Waals surface area contributed by atoms with Crippen molar-refractivity contribution in [1.82, 2.24) is 5.32 Å². The second kappa shape index (κ2) is 6.67. The topological polar surface area (TPSA) is 12.0 Å². The lowest BCUT2D eigenvalue weighted by atomic mass is 10.3. The molecule has 10 heavy (non-hydrogen) atoms. The van der Waals surface area contributed by atoms with Crippen molar-refractivity contribution in [3.63, 3.8) is 0 Å². The molecular formula is C8H12ClN. The maximum Gasteiger partial charge on any atom is 0.0578 e. The first-order valence-corrected chi connectivity index (χ1v) is 3.61. The smallest absolute Gasteiger partial charge is 0.0578 e. The molecule has 0 unspecified atom stereocenters. The Kier molecular flexibility index (Phi) is 6.37. The van der Waals surface area contributed by atoms with Gasteiger partial charge in [0.2, 0.25) is 0 Å². The first-order chi connectivity index (χ1) is 4.81. The van der Waals surface area contributed by atoms with E-state index in [0.717, 1.165) is 18.7 Å². The van der Waals surface area contributed by atoms with Gasteiger partial charge in [-0.2, -0.15) is 0 Å². The van der Waals surface area contributed by atoms with Crippen molar-refractivity contribution in [3.8, 4) is 11.8 Å². The van der Waals surface area contributed by atoms with E-state index in [2.05, 4.69) is 17.2 Å². The number of hydrogen-bond acceptors (Lipinski definition) is 1. The molecule has 0 heterocycles. The molecule has 0 spiro atoms. The van der Waals surface area contributed by atoms with Gasteiger partial charge in [-0.05, 0) is 19.4 Å². The lowest BCUT2D eigenvalue weighted by molar-refractivity contribution is 0.827. The van der Waals surface area contributed by atoms with Gasteiger partial charge in [-0.15, -0.1) is 5.92 Å². The summed E-state index contributed by atoms with van der Waals surface area (Å²) in [6.07, 6.45) is 0. The van der Waals surface area contributed by atoms with Gasteiger partial charge in [0.15, 0.2) is 0 Å².